The van der Waals surface area contributed by atoms with E-state index in [9.17, 15) is 59.4 Å². The van der Waals surface area contributed by atoms with Crippen LogP contribution in [0.3, 0.4) is 0 Å². The summed E-state index contributed by atoms with van der Waals surface area (Å²) in [5.74, 6) is -12.0. The molecule has 0 unspecified atom stereocenters. The van der Waals surface area contributed by atoms with Gasteiger partial charge in [-0.3, -0.25) is 0 Å². The molecule has 31 heavy (non-hydrogen) atoms. The van der Waals surface area contributed by atoms with E-state index in [0.717, 1.165) is 0 Å². The van der Waals surface area contributed by atoms with Crippen molar-refractivity contribution in [1.82, 2.24) is 0 Å². The van der Waals surface area contributed by atoms with E-state index in [0.29, 0.717) is 0 Å². The summed E-state index contributed by atoms with van der Waals surface area (Å²) >= 11 is 0. The van der Waals surface area contributed by atoms with Gasteiger partial charge in [0.25, 0.3) is 0 Å². The molecule has 0 atom stereocenters. The number of carboxylic acid groups (broad SMARTS) is 6. The molecule has 0 aromatic carbocycles. The van der Waals surface area contributed by atoms with Gasteiger partial charge in [0.2, 0.25) is 0 Å². The van der Waals surface area contributed by atoms with E-state index in [1.54, 1.807) is 0 Å². The molecule has 14 nitrogen and oxygen atoms in total. The fourth-order valence-corrected chi connectivity index (χ4v) is 1.37. The number of aliphatic hydroxyl groups is 2. The normalized spacial score (nSPS) is 9.10. The van der Waals surface area contributed by atoms with Crippen molar-refractivity contribution in [3.8, 4) is 0 Å². The van der Waals surface area contributed by atoms with Gasteiger partial charge in [0.05, 0.1) is 11.9 Å². The molecule has 0 aromatic rings. The molecule has 0 aromatic heterocycles. The summed E-state index contributed by atoms with van der Waals surface area (Å²) < 4.78 is 0. The first-order valence-electron chi connectivity index (χ1n) is 6.23. The molecule has 0 bridgehead atoms. The Balaban J connectivity index is -0.0000000640. The van der Waals surface area contributed by atoms with Gasteiger partial charge < -0.3 is 69.6 Å². The fraction of sp³-hybridized carbons (Fsp3) is 0.500. The fourth-order valence-electron chi connectivity index (χ4n) is 1.37. The minimum atomic E-state index is -2.97. The first-order chi connectivity index (χ1) is 11.6. The number of carbonyl (C=O) groups is 6. The number of rotatable bonds is 10. The van der Waals surface area contributed by atoms with Crippen molar-refractivity contribution in [3.63, 3.8) is 0 Å². The Morgan fingerprint density at radius 3 is 0.677 bits per heavy atom. The Morgan fingerprint density at radius 1 is 0.484 bits per heavy atom. The third kappa shape index (κ3) is 27.4. The van der Waals surface area contributed by atoms with E-state index in [2.05, 4.69) is 0 Å². The van der Waals surface area contributed by atoms with E-state index in [-0.39, 0.29) is 243 Å². The van der Waals surface area contributed by atoms with Crippen LogP contribution in [0.15, 0.2) is 0 Å². The summed E-state index contributed by atoms with van der Waals surface area (Å²) in [4.78, 5) is 60.0. The summed E-state index contributed by atoms with van der Waals surface area (Å²) in [7, 11) is 0. The minimum Gasteiger partial charge on any atom is -0.550 e. The van der Waals surface area contributed by atoms with Crippen LogP contribution < -0.4 is 236 Å². The quantitative estimate of drug-likeness (QED) is 0.229. The van der Waals surface area contributed by atoms with Crippen LogP contribution in [-0.4, -0.2) is 95.0 Å². The first kappa shape index (κ1) is 52.1. The average molecular weight is 575 g/mol. The van der Waals surface area contributed by atoms with Crippen LogP contribution in [0.25, 0.3) is 0 Å². The van der Waals surface area contributed by atoms with Crippen LogP contribution in [0.4, 0.5) is 0 Å². The number of hydrogen-bond acceptors (Lipinski definition) is 14. The van der Waals surface area contributed by atoms with E-state index in [1.165, 1.54) is 0 Å². The van der Waals surface area contributed by atoms with Gasteiger partial charge >= 0.3 is 243 Å². The number of carboxylic acids is 6. The first-order valence-corrected chi connectivity index (χ1v) is 6.23. The van der Waals surface area contributed by atoms with Crippen LogP contribution in [0.1, 0.15) is 25.7 Å². The van der Waals surface area contributed by atoms with Crippen molar-refractivity contribution in [2.45, 2.75) is 36.9 Å². The molecule has 0 aliphatic heterocycles. The van der Waals surface area contributed by atoms with Gasteiger partial charge in [0.15, 0.2) is 0 Å². The number of aliphatic carboxylic acids is 6. The van der Waals surface area contributed by atoms with E-state index in [1.807, 2.05) is 0 Å². The molecule has 19 heteroatoms. The third-order valence-corrected chi connectivity index (χ3v) is 2.51. The second kappa shape index (κ2) is 26.2. The summed E-state index contributed by atoms with van der Waals surface area (Å²) in [6.07, 6.45) is -5.43. The monoisotopic (exact) mass is 574 g/mol. The molecule has 0 radical (unpaired) electrons. The van der Waals surface area contributed by atoms with Gasteiger partial charge in [-0.2, -0.15) is 0 Å². The van der Waals surface area contributed by atoms with Gasteiger partial charge in [0.1, 0.15) is 11.2 Å². The summed E-state index contributed by atoms with van der Waals surface area (Å²) in [6, 6.07) is 0. The maximum atomic E-state index is 10.1. The van der Waals surface area contributed by atoms with Crippen molar-refractivity contribution >= 4 is 73.6 Å². The molecule has 2 N–H and O–H groups in total. The second-order valence-electron chi connectivity index (χ2n) is 4.83. The van der Waals surface area contributed by atoms with E-state index in [4.69, 9.17) is 10.2 Å². The van der Waals surface area contributed by atoms with Gasteiger partial charge in [-0.15, -0.1) is 0 Å². The molecule has 148 valence electrons. The maximum absolute atomic E-state index is 10.1. The Kier molecular flexibility index (Phi) is 43.9. The predicted octanol–water partition coefficient (Wildman–Crippen LogP) is -22.9. The van der Waals surface area contributed by atoms with E-state index >= 15 is 0 Å². The molecule has 0 rings (SSSR count). The standard InChI is InChI=1S/2C6H8O7.Ca.4K/c2*7-3(8)1-6(13,5(11)12)2-4(9)10;;;;;/h2*13H,1-2H2,(H,7,8)(H,9,10)(H,11,12);;;;;/q;;+2;4*+1/p-6. The van der Waals surface area contributed by atoms with Crippen molar-refractivity contribution in [3.05, 3.63) is 0 Å². The molecular weight excluding hydrogens is 565 g/mol. The Labute approximate surface area is 375 Å². The second-order valence-corrected chi connectivity index (χ2v) is 4.83. The summed E-state index contributed by atoms with van der Waals surface area (Å²) in [5.41, 5.74) is -5.95. The summed E-state index contributed by atoms with van der Waals surface area (Å²) in [6.45, 7) is 0. The number of carbonyl (C=O) groups excluding carboxylic acids is 6. The van der Waals surface area contributed by atoms with Gasteiger partial charge in [-0.05, 0) is 0 Å². The van der Waals surface area contributed by atoms with Crippen LogP contribution in [0.2, 0.25) is 0 Å². The Bertz CT molecular complexity index is 530. The van der Waals surface area contributed by atoms with Gasteiger partial charge in [-0.25, -0.2) is 0 Å². The number of hydrogen-bond donors (Lipinski definition) is 2. The van der Waals surface area contributed by atoms with Crippen molar-refractivity contribution in [2.24, 2.45) is 0 Å². The zero-order valence-electron chi connectivity index (χ0n) is 17.3. The van der Waals surface area contributed by atoms with Crippen molar-refractivity contribution in [1.29, 1.82) is 0 Å². The topological polar surface area (TPSA) is 281 Å². The molecule has 0 fully saturated rings. The Morgan fingerprint density at radius 2 is 0.613 bits per heavy atom. The van der Waals surface area contributed by atoms with Crippen LogP contribution in [-0.2, 0) is 28.8 Å². The van der Waals surface area contributed by atoms with Crippen molar-refractivity contribution < 1.29 is 275 Å². The average Bonchev–Trinajstić information content (AvgIpc) is 2.34. The zero-order valence-corrected chi connectivity index (χ0v) is 32.0. The largest absolute Gasteiger partial charge is 2.00 e. The molecule has 0 aliphatic carbocycles. The van der Waals surface area contributed by atoms with Crippen LogP contribution in [0.5, 0.6) is 0 Å². The van der Waals surface area contributed by atoms with Crippen LogP contribution >= 0.6 is 0 Å². The van der Waals surface area contributed by atoms with Gasteiger partial charge in [0, 0.05) is 49.6 Å². The maximum Gasteiger partial charge on any atom is 2.00 e. The summed E-state index contributed by atoms with van der Waals surface area (Å²) in [5, 5.41) is 77.9. The van der Waals surface area contributed by atoms with Gasteiger partial charge in [-0.1, -0.05) is 0 Å². The molecular formula is C12H10CaK4O14. The van der Waals surface area contributed by atoms with E-state index < -0.39 is 72.7 Å². The SMILES string of the molecule is O=C([O-])CC(O)(CC(=O)[O-])C(=O)[O-].O=C([O-])CC(O)(CC(=O)[O-])C(=O)[O-].[Ca+2].[K+].[K+].[K+].[K+]. The zero-order chi connectivity index (χ0) is 21.3. The molecule has 0 heterocycles. The molecule has 0 spiro atoms. The minimum absolute atomic E-state index is 0. The molecule has 0 aliphatic rings. The Hall–Kier alpha value is 4.55. The molecule has 0 saturated heterocycles. The smallest absolute Gasteiger partial charge is 0.550 e. The molecule has 0 saturated carbocycles. The molecule has 0 amide bonds. The third-order valence-electron chi connectivity index (χ3n) is 2.51. The van der Waals surface area contributed by atoms with Crippen molar-refractivity contribution in [2.75, 3.05) is 0 Å². The predicted molar refractivity (Wildman–Crippen MR) is 64.2 cm³/mol. The van der Waals surface area contributed by atoms with Crippen LogP contribution in [0, 0.1) is 0 Å².